The van der Waals surface area contributed by atoms with Gasteiger partial charge in [-0.05, 0) is 63.8 Å². The molecule has 198 valence electrons. The van der Waals surface area contributed by atoms with Crippen LogP contribution in [0.3, 0.4) is 0 Å². The molecule has 0 saturated heterocycles. The minimum atomic E-state index is -3.58. The maximum atomic E-state index is 14.4. The van der Waals surface area contributed by atoms with Crippen LogP contribution >= 0.6 is 0 Å². The zero-order valence-corrected chi connectivity index (χ0v) is 22.9. The Bertz CT molecular complexity index is 1170. The Morgan fingerprint density at radius 1 is 1.08 bits per heavy atom. The van der Waals surface area contributed by atoms with Crippen molar-refractivity contribution in [2.75, 3.05) is 17.1 Å². The molecule has 9 heteroatoms. The van der Waals surface area contributed by atoms with E-state index in [1.54, 1.807) is 25.1 Å². The lowest BCUT2D eigenvalue weighted by Gasteiger charge is -2.30. The molecule has 0 heterocycles. The van der Waals surface area contributed by atoms with Crippen LogP contribution in [0.1, 0.15) is 56.7 Å². The van der Waals surface area contributed by atoms with E-state index in [-0.39, 0.29) is 43.8 Å². The molecule has 0 spiro atoms. The molecule has 1 N–H and O–H groups in total. The van der Waals surface area contributed by atoms with Crippen LogP contribution in [0.2, 0.25) is 0 Å². The fraction of sp³-hybridized carbons (Fsp3) is 0.481. The molecular formula is C27H38FN3O4S. The number of hydrogen-bond donors (Lipinski definition) is 1. The van der Waals surface area contributed by atoms with Gasteiger partial charge in [0.25, 0.3) is 0 Å². The van der Waals surface area contributed by atoms with Gasteiger partial charge in [0.2, 0.25) is 21.8 Å². The summed E-state index contributed by atoms with van der Waals surface area (Å²) < 4.78 is 40.8. The second kappa shape index (κ2) is 12.9. The number of nitrogens with one attached hydrogen (secondary N) is 1. The molecule has 0 aromatic heterocycles. The number of anilines is 1. The van der Waals surface area contributed by atoms with Crippen molar-refractivity contribution in [1.29, 1.82) is 0 Å². The van der Waals surface area contributed by atoms with Gasteiger partial charge in [-0.3, -0.25) is 13.9 Å². The molecule has 2 aromatic carbocycles. The molecule has 2 atom stereocenters. The number of sulfonamides is 1. The van der Waals surface area contributed by atoms with E-state index >= 15 is 0 Å². The monoisotopic (exact) mass is 519 g/mol. The molecule has 36 heavy (non-hydrogen) atoms. The molecule has 0 aliphatic heterocycles. The van der Waals surface area contributed by atoms with E-state index < -0.39 is 21.9 Å². The van der Waals surface area contributed by atoms with E-state index in [4.69, 9.17) is 0 Å². The number of benzene rings is 2. The Labute approximate surface area is 214 Å². The van der Waals surface area contributed by atoms with Gasteiger partial charge >= 0.3 is 0 Å². The molecule has 0 aliphatic rings. The number of carbonyl (C=O) groups is 2. The predicted octanol–water partition coefficient (Wildman–Crippen LogP) is 4.32. The fourth-order valence-electron chi connectivity index (χ4n) is 3.83. The number of carbonyl (C=O) groups excluding carboxylic acids is 2. The lowest BCUT2D eigenvalue weighted by atomic mass is 10.1. The van der Waals surface area contributed by atoms with Gasteiger partial charge in [0.15, 0.2) is 0 Å². The Morgan fingerprint density at radius 2 is 1.75 bits per heavy atom. The normalized spacial score (nSPS) is 13.1. The molecule has 0 fully saturated rings. The third kappa shape index (κ3) is 8.05. The summed E-state index contributed by atoms with van der Waals surface area (Å²) in [6, 6.07) is 10.8. The largest absolute Gasteiger partial charge is 0.352 e. The topological polar surface area (TPSA) is 86.8 Å². The lowest BCUT2D eigenvalue weighted by molar-refractivity contribution is -0.141. The Kier molecular flexibility index (Phi) is 10.5. The molecule has 0 radical (unpaired) electrons. The molecule has 2 aromatic rings. The first-order chi connectivity index (χ1) is 16.8. The number of aryl methyl sites for hydroxylation is 2. The second-order valence-electron chi connectivity index (χ2n) is 9.34. The van der Waals surface area contributed by atoms with Crippen molar-refractivity contribution in [3.63, 3.8) is 0 Å². The standard InChI is InChI=1S/C27H38FN3O4S/c1-7-21(4)29-27(33)22(5)30(18-23-11-8-9-12-24(23)28)26(32)13-10-16-31(36(6,34)35)25-17-19(2)14-15-20(25)3/h8-9,11-12,14-15,17,21-22H,7,10,13,16,18H2,1-6H3,(H,29,33)/t21-,22+/m0/s1. The summed E-state index contributed by atoms with van der Waals surface area (Å²) in [5.41, 5.74) is 2.63. The Hall–Kier alpha value is -2.94. The first-order valence-corrected chi connectivity index (χ1v) is 14.1. The van der Waals surface area contributed by atoms with Gasteiger partial charge in [-0.1, -0.05) is 37.3 Å². The van der Waals surface area contributed by atoms with Crippen molar-refractivity contribution in [1.82, 2.24) is 10.2 Å². The van der Waals surface area contributed by atoms with Gasteiger partial charge in [0, 0.05) is 31.1 Å². The molecule has 2 amide bonds. The first-order valence-electron chi connectivity index (χ1n) is 12.2. The van der Waals surface area contributed by atoms with Gasteiger partial charge in [0.1, 0.15) is 11.9 Å². The van der Waals surface area contributed by atoms with E-state index in [1.165, 1.54) is 15.3 Å². The van der Waals surface area contributed by atoms with Gasteiger partial charge in [-0.2, -0.15) is 0 Å². The maximum absolute atomic E-state index is 14.4. The van der Waals surface area contributed by atoms with E-state index in [2.05, 4.69) is 5.32 Å². The fourth-order valence-corrected chi connectivity index (χ4v) is 4.84. The summed E-state index contributed by atoms with van der Waals surface area (Å²) in [5.74, 6) is -1.12. The second-order valence-corrected chi connectivity index (χ2v) is 11.2. The molecule has 0 saturated carbocycles. The minimum absolute atomic E-state index is 0.00624. The molecule has 7 nitrogen and oxygen atoms in total. The Morgan fingerprint density at radius 3 is 2.36 bits per heavy atom. The van der Waals surface area contributed by atoms with Crippen LogP contribution in [0.25, 0.3) is 0 Å². The number of rotatable bonds is 12. The van der Waals surface area contributed by atoms with Gasteiger partial charge in [0.05, 0.1) is 11.9 Å². The first kappa shape index (κ1) is 29.3. The number of hydrogen-bond acceptors (Lipinski definition) is 4. The van der Waals surface area contributed by atoms with Crippen LogP contribution in [0.4, 0.5) is 10.1 Å². The summed E-state index contributed by atoms with van der Waals surface area (Å²) in [5, 5.41) is 2.88. The summed E-state index contributed by atoms with van der Waals surface area (Å²) in [4.78, 5) is 27.5. The third-order valence-corrected chi connectivity index (χ3v) is 7.43. The number of nitrogens with zero attached hydrogens (tertiary/aromatic N) is 2. The Balaban J connectivity index is 2.22. The summed E-state index contributed by atoms with van der Waals surface area (Å²) in [6.45, 7) is 9.21. The highest BCUT2D eigenvalue weighted by atomic mass is 32.2. The van der Waals surface area contributed by atoms with E-state index in [9.17, 15) is 22.4 Å². The van der Waals surface area contributed by atoms with Gasteiger partial charge < -0.3 is 10.2 Å². The summed E-state index contributed by atoms with van der Waals surface area (Å²) in [6.07, 6.45) is 2.13. The molecular weight excluding hydrogens is 481 g/mol. The quantitative estimate of drug-likeness (QED) is 0.453. The van der Waals surface area contributed by atoms with Crippen molar-refractivity contribution in [3.8, 4) is 0 Å². The van der Waals surface area contributed by atoms with Crippen LogP contribution in [0, 0.1) is 19.7 Å². The van der Waals surface area contributed by atoms with Gasteiger partial charge in [-0.15, -0.1) is 0 Å². The van der Waals surface area contributed by atoms with Crippen LogP contribution in [-0.2, 0) is 26.2 Å². The van der Waals surface area contributed by atoms with Crippen LogP contribution in [0.5, 0.6) is 0 Å². The SMILES string of the molecule is CC[C@H](C)NC(=O)[C@@H](C)N(Cc1ccccc1F)C(=O)CCCN(c1cc(C)ccc1C)S(C)(=O)=O. The van der Waals surface area contributed by atoms with Crippen molar-refractivity contribution < 1.29 is 22.4 Å². The predicted molar refractivity (Wildman–Crippen MR) is 142 cm³/mol. The highest BCUT2D eigenvalue weighted by molar-refractivity contribution is 7.92. The third-order valence-electron chi connectivity index (χ3n) is 6.25. The molecule has 0 unspecified atom stereocenters. The zero-order chi connectivity index (χ0) is 27.0. The highest BCUT2D eigenvalue weighted by Crippen LogP contribution is 2.25. The average molecular weight is 520 g/mol. The average Bonchev–Trinajstić information content (AvgIpc) is 2.81. The minimum Gasteiger partial charge on any atom is -0.352 e. The maximum Gasteiger partial charge on any atom is 0.242 e. The number of amides is 2. The van der Waals surface area contributed by atoms with Gasteiger partial charge in [-0.25, -0.2) is 12.8 Å². The molecule has 0 aliphatic carbocycles. The molecule has 0 bridgehead atoms. The zero-order valence-electron chi connectivity index (χ0n) is 22.0. The summed E-state index contributed by atoms with van der Waals surface area (Å²) >= 11 is 0. The van der Waals surface area contributed by atoms with Crippen LogP contribution in [-0.4, -0.2) is 50.0 Å². The van der Waals surface area contributed by atoms with Crippen molar-refractivity contribution >= 4 is 27.5 Å². The van der Waals surface area contributed by atoms with Crippen LogP contribution in [0.15, 0.2) is 42.5 Å². The lowest BCUT2D eigenvalue weighted by Crippen LogP contribution is -2.49. The van der Waals surface area contributed by atoms with E-state index in [0.29, 0.717) is 11.3 Å². The van der Waals surface area contributed by atoms with E-state index in [1.807, 2.05) is 45.9 Å². The number of halogens is 1. The van der Waals surface area contributed by atoms with Crippen molar-refractivity contribution in [2.24, 2.45) is 0 Å². The van der Waals surface area contributed by atoms with Crippen molar-refractivity contribution in [3.05, 3.63) is 65.0 Å². The van der Waals surface area contributed by atoms with E-state index in [0.717, 1.165) is 23.8 Å². The molecule has 2 rings (SSSR count). The van der Waals surface area contributed by atoms with Crippen molar-refractivity contribution in [2.45, 2.75) is 72.5 Å². The summed E-state index contributed by atoms with van der Waals surface area (Å²) in [7, 11) is -3.58. The smallest absolute Gasteiger partial charge is 0.242 e. The highest BCUT2D eigenvalue weighted by Gasteiger charge is 2.28. The van der Waals surface area contributed by atoms with Crippen LogP contribution < -0.4 is 9.62 Å².